The number of nitrogens with two attached hydrogens (primary N) is 1. The van der Waals surface area contributed by atoms with Gasteiger partial charge in [-0.2, -0.15) is 0 Å². The Kier molecular flexibility index (Phi) is 4.23. The maximum Gasteiger partial charge on any atom is 0.242 e. The largest absolute Gasteiger partial charge is 0.325 e. The first-order valence-electron chi connectivity index (χ1n) is 6.66. The Bertz CT molecular complexity index is 516. The van der Waals surface area contributed by atoms with Gasteiger partial charge >= 0.3 is 0 Å². The van der Waals surface area contributed by atoms with E-state index in [4.69, 9.17) is 5.73 Å². The normalized spacial score (nSPS) is 18.0. The fraction of sp³-hybridized carbons (Fsp3) is 0.615. The van der Waals surface area contributed by atoms with Gasteiger partial charge < -0.3 is 5.73 Å². The highest BCUT2D eigenvalue weighted by Crippen LogP contribution is 2.43. The van der Waals surface area contributed by atoms with Crippen molar-refractivity contribution in [3.8, 4) is 0 Å². The highest BCUT2D eigenvalue weighted by molar-refractivity contribution is 7.89. The van der Waals surface area contributed by atoms with Crippen LogP contribution in [0.4, 0.5) is 0 Å². The number of sulfonamides is 1. The Morgan fingerprint density at radius 3 is 2.58 bits per heavy atom. The molecular weight excluding hydrogens is 262 g/mol. The van der Waals surface area contributed by atoms with E-state index in [0.29, 0.717) is 18.8 Å². The lowest BCUT2D eigenvalue weighted by atomic mass is 9.67. The minimum Gasteiger partial charge on any atom is -0.325 e. The van der Waals surface area contributed by atoms with Crippen LogP contribution in [0.1, 0.15) is 38.3 Å². The summed E-state index contributed by atoms with van der Waals surface area (Å²) in [6, 6.07) is 3.20. The Morgan fingerprint density at radius 2 is 2.16 bits per heavy atom. The van der Waals surface area contributed by atoms with Crippen molar-refractivity contribution in [1.29, 1.82) is 0 Å². The standard InChI is InChI=1S/C13H21N3O2S/c1-2-13(6-3-7-13)10-16-19(17,18)12-5-4-11(8-14)15-9-12/h4-5,9,16H,2-3,6-8,10,14H2,1H3. The summed E-state index contributed by atoms with van der Waals surface area (Å²) in [6.45, 7) is 2.95. The van der Waals surface area contributed by atoms with Gasteiger partial charge in [-0.1, -0.05) is 13.3 Å². The third-order valence-corrected chi connectivity index (χ3v) is 5.50. The van der Waals surface area contributed by atoms with E-state index in [1.807, 2.05) is 0 Å². The van der Waals surface area contributed by atoms with Crippen LogP contribution in [0.3, 0.4) is 0 Å². The quantitative estimate of drug-likeness (QED) is 0.826. The maximum atomic E-state index is 12.2. The van der Waals surface area contributed by atoms with E-state index in [-0.39, 0.29) is 10.3 Å². The topological polar surface area (TPSA) is 85.1 Å². The number of hydrogen-bond acceptors (Lipinski definition) is 4. The minimum atomic E-state index is -3.46. The molecule has 0 saturated heterocycles. The van der Waals surface area contributed by atoms with Gasteiger partial charge in [-0.15, -0.1) is 0 Å². The first kappa shape index (κ1) is 14.4. The van der Waals surface area contributed by atoms with Crippen LogP contribution >= 0.6 is 0 Å². The Hall–Kier alpha value is -0.980. The Labute approximate surface area is 114 Å². The second kappa shape index (κ2) is 5.56. The van der Waals surface area contributed by atoms with E-state index in [9.17, 15) is 8.42 Å². The number of hydrogen-bond donors (Lipinski definition) is 2. The lowest BCUT2D eigenvalue weighted by Crippen LogP contribution is -2.41. The first-order chi connectivity index (χ1) is 9.01. The Morgan fingerprint density at radius 1 is 1.42 bits per heavy atom. The molecule has 1 aromatic heterocycles. The Balaban J connectivity index is 2.05. The average molecular weight is 283 g/mol. The van der Waals surface area contributed by atoms with Gasteiger partial charge in [0.05, 0.1) is 5.69 Å². The summed E-state index contributed by atoms with van der Waals surface area (Å²) in [7, 11) is -3.46. The van der Waals surface area contributed by atoms with Crippen LogP contribution in [0.2, 0.25) is 0 Å². The molecule has 2 rings (SSSR count). The minimum absolute atomic E-state index is 0.164. The van der Waals surface area contributed by atoms with Crippen molar-refractivity contribution in [2.24, 2.45) is 11.1 Å². The molecule has 1 fully saturated rings. The molecule has 19 heavy (non-hydrogen) atoms. The molecule has 0 amide bonds. The van der Waals surface area contributed by atoms with Crippen molar-refractivity contribution in [3.05, 3.63) is 24.0 Å². The van der Waals surface area contributed by atoms with Crippen molar-refractivity contribution in [2.75, 3.05) is 6.54 Å². The third kappa shape index (κ3) is 3.13. The van der Waals surface area contributed by atoms with E-state index in [1.54, 1.807) is 12.1 Å². The summed E-state index contributed by atoms with van der Waals surface area (Å²) in [6.07, 6.45) is 5.79. The van der Waals surface area contributed by atoms with Crippen molar-refractivity contribution in [2.45, 2.75) is 44.0 Å². The second-order valence-electron chi connectivity index (χ2n) is 5.22. The molecule has 1 heterocycles. The number of rotatable bonds is 6. The first-order valence-corrected chi connectivity index (χ1v) is 8.14. The van der Waals surface area contributed by atoms with Gasteiger partial charge in [0.15, 0.2) is 0 Å². The lowest BCUT2D eigenvalue weighted by molar-refractivity contribution is 0.133. The zero-order valence-corrected chi connectivity index (χ0v) is 12.0. The summed E-state index contributed by atoms with van der Waals surface area (Å²) in [5, 5.41) is 0. The smallest absolute Gasteiger partial charge is 0.242 e. The highest BCUT2D eigenvalue weighted by atomic mass is 32.2. The molecular formula is C13H21N3O2S. The maximum absolute atomic E-state index is 12.2. The highest BCUT2D eigenvalue weighted by Gasteiger charge is 2.36. The molecule has 3 N–H and O–H groups in total. The van der Waals surface area contributed by atoms with Gasteiger partial charge in [0.2, 0.25) is 10.0 Å². The molecule has 6 heteroatoms. The molecule has 1 aliphatic carbocycles. The van der Waals surface area contributed by atoms with Crippen LogP contribution in [-0.4, -0.2) is 19.9 Å². The molecule has 0 unspecified atom stereocenters. The molecule has 0 aromatic carbocycles. The van der Waals surface area contributed by atoms with Crippen LogP contribution in [0.25, 0.3) is 0 Å². The summed E-state index contributed by atoms with van der Waals surface area (Å²) >= 11 is 0. The van der Waals surface area contributed by atoms with Gasteiger partial charge in [0.1, 0.15) is 4.90 Å². The second-order valence-corrected chi connectivity index (χ2v) is 6.99. The van der Waals surface area contributed by atoms with Gasteiger partial charge in [-0.05, 0) is 36.8 Å². The number of nitrogens with one attached hydrogen (secondary N) is 1. The summed E-state index contributed by atoms with van der Waals surface area (Å²) in [5.74, 6) is 0. The predicted molar refractivity (Wildman–Crippen MR) is 73.9 cm³/mol. The van der Waals surface area contributed by atoms with Crippen molar-refractivity contribution < 1.29 is 8.42 Å². The number of aromatic nitrogens is 1. The van der Waals surface area contributed by atoms with E-state index in [0.717, 1.165) is 19.3 Å². The SMILES string of the molecule is CCC1(CNS(=O)(=O)c2ccc(CN)nc2)CCC1. The van der Waals surface area contributed by atoms with Crippen LogP contribution in [-0.2, 0) is 16.6 Å². The van der Waals surface area contributed by atoms with Crippen LogP contribution < -0.4 is 10.5 Å². The fourth-order valence-electron chi connectivity index (χ4n) is 2.35. The van der Waals surface area contributed by atoms with E-state index < -0.39 is 10.0 Å². The average Bonchev–Trinajstić information content (AvgIpc) is 2.38. The van der Waals surface area contributed by atoms with Gasteiger partial charge in [0, 0.05) is 19.3 Å². The van der Waals surface area contributed by atoms with E-state index in [1.165, 1.54) is 12.6 Å². The van der Waals surface area contributed by atoms with E-state index >= 15 is 0 Å². The van der Waals surface area contributed by atoms with Crippen molar-refractivity contribution >= 4 is 10.0 Å². The van der Waals surface area contributed by atoms with Crippen LogP contribution in [0, 0.1) is 5.41 Å². The molecule has 1 saturated carbocycles. The molecule has 5 nitrogen and oxygen atoms in total. The predicted octanol–water partition coefficient (Wildman–Crippen LogP) is 1.40. The molecule has 1 aliphatic rings. The molecule has 0 radical (unpaired) electrons. The summed E-state index contributed by atoms with van der Waals surface area (Å²) in [4.78, 5) is 4.22. The van der Waals surface area contributed by atoms with Crippen molar-refractivity contribution in [3.63, 3.8) is 0 Å². The third-order valence-electron chi connectivity index (χ3n) is 4.12. The van der Waals surface area contributed by atoms with Gasteiger partial charge in [-0.25, -0.2) is 13.1 Å². The zero-order chi connectivity index (χ0) is 13.9. The van der Waals surface area contributed by atoms with E-state index in [2.05, 4.69) is 16.6 Å². The zero-order valence-electron chi connectivity index (χ0n) is 11.2. The van der Waals surface area contributed by atoms with Gasteiger partial charge in [0.25, 0.3) is 0 Å². The van der Waals surface area contributed by atoms with Crippen molar-refractivity contribution in [1.82, 2.24) is 9.71 Å². The summed E-state index contributed by atoms with van der Waals surface area (Å²) < 4.78 is 27.0. The molecule has 0 bridgehead atoms. The number of pyridine rings is 1. The fourth-order valence-corrected chi connectivity index (χ4v) is 3.46. The molecule has 106 valence electrons. The number of nitrogens with zero attached hydrogens (tertiary/aromatic N) is 1. The molecule has 0 aliphatic heterocycles. The summed E-state index contributed by atoms with van der Waals surface area (Å²) in [5.41, 5.74) is 6.29. The molecule has 0 atom stereocenters. The monoisotopic (exact) mass is 283 g/mol. The van der Waals surface area contributed by atoms with Crippen LogP contribution in [0.5, 0.6) is 0 Å². The van der Waals surface area contributed by atoms with Gasteiger partial charge in [-0.3, -0.25) is 4.98 Å². The molecule has 1 aromatic rings. The van der Waals surface area contributed by atoms with Crippen LogP contribution in [0.15, 0.2) is 23.2 Å². The molecule has 0 spiro atoms. The lowest BCUT2D eigenvalue weighted by Gasteiger charge is -2.41.